The minimum Gasteiger partial charge on any atom is -0.545 e. The van der Waals surface area contributed by atoms with Gasteiger partial charge in [0.15, 0.2) is 0 Å². The van der Waals surface area contributed by atoms with E-state index in [0.29, 0.717) is 13.1 Å². The largest absolute Gasteiger partial charge is 0.545 e. The topological polar surface area (TPSA) is 89.2 Å². The predicted octanol–water partition coefficient (Wildman–Crippen LogP) is 1.52. The predicted molar refractivity (Wildman–Crippen MR) is 98.7 cm³/mol. The number of carbonyl (C=O) groups is 2. The molecule has 27 heavy (non-hydrogen) atoms. The van der Waals surface area contributed by atoms with Crippen LogP contribution in [0.3, 0.4) is 0 Å². The van der Waals surface area contributed by atoms with Crippen molar-refractivity contribution in [3.05, 3.63) is 59.8 Å². The molecule has 0 amide bonds. The number of carboxylic acid groups (broad SMARTS) is 1. The molecular weight excluding hydrogens is 346 g/mol. The highest BCUT2D eigenvalue weighted by Crippen LogP contribution is 2.28. The summed E-state index contributed by atoms with van der Waals surface area (Å²) in [5.41, 5.74) is 3.89. The van der Waals surface area contributed by atoms with Crippen LogP contribution in [-0.2, 0) is 27.4 Å². The molecule has 0 atom stereocenters. The monoisotopic (exact) mass is 366 g/mol. The lowest BCUT2D eigenvalue weighted by Crippen LogP contribution is -2.18. The van der Waals surface area contributed by atoms with Gasteiger partial charge < -0.3 is 23.8 Å². The maximum atomic E-state index is 11.6. The van der Waals surface area contributed by atoms with Gasteiger partial charge in [0.1, 0.15) is 0 Å². The number of benzene rings is 1. The molecule has 0 spiro atoms. The van der Waals surface area contributed by atoms with Crippen LogP contribution in [0.1, 0.15) is 23.2 Å². The van der Waals surface area contributed by atoms with Crippen LogP contribution in [0, 0.1) is 6.92 Å². The van der Waals surface area contributed by atoms with Crippen molar-refractivity contribution < 1.29 is 19.4 Å². The van der Waals surface area contributed by atoms with Crippen molar-refractivity contribution >= 4 is 28.9 Å². The molecule has 2 aromatic heterocycles. The van der Waals surface area contributed by atoms with Crippen molar-refractivity contribution in [2.75, 3.05) is 7.11 Å². The normalized spacial score (nSPS) is 11.3. The van der Waals surface area contributed by atoms with E-state index in [-0.39, 0.29) is 12.4 Å². The Labute approximate surface area is 156 Å². The van der Waals surface area contributed by atoms with Gasteiger partial charge in [-0.25, -0.2) is 4.98 Å². The molecule has 0 bridgehead atoms. The number of ether oxygens (including phenoxy) is 1. The van der Waals surface area contributed by atoms with Crippen molar-refractivity contribution in [1.82, 2.24) is 14.1 Å². The summed E-state index contributed by atoms with van der Waals surface area (Å²) in [6.07, 6.45) is 8.15. The van der Waals surface area contributed by atoms with Gasteiger partial charge in [-0.3, -0.25) is 4.79 Å². The maximum Gasteiger partial charge on any atom is 0.307 e. The van der Waals surface area contributed by atoms with Crippen molar-refractivity contribution in [1.29, 1.82) is 0 Å². The van der Waals surface area contributed by atoms with E-state index >= 15 is 0 Å². The summed E-state index contributed by atoms with van der Waals surface area (Å²) in [6, 6.07) is 5.73. The summed E-state index contributed by atoms with van der Waals surface area (Å²) >= 11 is 0. The zero-order valence-electron chi connectivity index (χ0n) is 15.2. The van der Waals surface area contributed by atoms with Gasteiger partial charge in [0, 0.05) is 41.1 Å². The number of hydrogen-bond acceptors (Lipinski definition) is 5. The number of aliphatic carboxylic acids is 1. The molecule has 1 aromatic carbocycles. The first-order valence-corrected chi connectivity index (χ1v) is 8.53. The molecule has 7 nitrogen and oxygen atoms in total. The Morgan fingerprint density at radius 1 is 1.33 bits per heavy atom. The minimum absolute atomic E-state index is 0.263. The Hall–Kier alpha value is -3.35. The fourth-order valence-corrected chi connectivity index (χ4v) is 3.19. The quantitative estimate of drug-likeness (QED) is 0.467. The first kappa shape index (κ1) is 18.4. The van der Waals surface area contributed by atoms with Crippen LogP contribution in [0.15, 0.2) is 43.0 Å². The number of aromatic nitrogens is 3. The average molecular weight is 366 g/mol. The van der Waals surface area contributed by atoms with Crippen LogP contribution in [0.25, 0.3) is 17.0 Å². The molecule has 0 fully saturated rings. The SMILES string of the molecule is COC(=O)CCn1c(C)c(Cn2ccnc2)c2cc(/C=C/C(=O)[O-])ccc21. The van der Waals surface area contributed by atoms with Gasteiger partial charge in [-0.05, 0) is 30.7 Å². The van der Waals surface area contributed by atoms with Gasteiger partial charge >= 0.3 is 5.97 Å². The molecular formula is C20H20N3O4-. The van der Waals surface area contributed by atoms with Crippen molar-refractivity contribution in [2.45, 2.75) is 26.4 Å². The fourth-order valence-electron chi connectivity index (χ4n) is 3.19. The molecule has 0 aliphatic carbocycles. The number of fused-ring (bicyclic) bond motifs is 1. The van der Waals surface area contributed by atoms with E-state index in [9.17, 15) is 14.7 Å². The zero-order chi connectivity index (χ0) is 19.4. The Morgan fingerprint density at radius 2 is 2.15 bits per heavy atom. The van der Waals surface area contributed by atoms with Crippen molar-refractivity contribution in [3.8, 4) is 0 Å². The van der Waals surface area contributed by atoms with Crippen LogP contribution in [0.4, 0.5) is 0 Å². The molecule has 0 unspecified atom stereocenters. The molecule has 0 aliphatic rings. The first-order valence-electron chi connectivity index (χ1n) is 8.53. The van der Waals surface area contributed by atoms with E-state index < -0.39 is 5.97 Å². The molecule has 0 saturated carbocycles. The van der Waals surface area contributed by atoms with E-state index in [2.05, 4.69) is 9.55 Å². The Morgan fingerprint density at radius 3 is 2.81 bits per heavy atom. The number of carbonyl (C=O) groups excluding carboxylic acids is 2. The Bertz CT molecular complexity index is 1000. The number of rotatable bonds is 7. The van der Waals surface area contributed by atoms with E-state index in [1.165, 1.54) is 13.2 Å². The lowest BCUT2D eigenvalue weighted by atomic mass is 10.1. The van der Waals surface area contributed by atoms with Gasteiger partial charge in [0.05, 0.1) is 32.4 Å². The molecule has 0 N–H and O–H groups in total. The van der Waals surface area contributed by atoms with E-state index in [1.54, 1.807) is 12.5 Å². The lowest BCUT2D eigenvalue weighted by molar-refractivity contribution is -0.297. The van der Waals surface area contributed by atoms with Gasteiger partial charge in [0.25, 0.3) is 0 Å². The van der Waals surface area contributed by atoms with E-state index in [4.69, 9.17) is 4.74 Å². The number of nitrogens with zero attached hydrogens (tertiary/aromatic N) is 3. The van der Waals surface area contributed by atoms with Gasteiger partial charge in [0.2, 0.25) is 0 Å². The Kier molecular flexibility index (Phi) is 5.40. The lowest BCUT2D eigenvalue weighted by Gasteiger charge is -2.08. The van der Waals surface area contributed by atoms with Crippen LogP contribution >= 0.6 is 0 Å². The summed E-state index contributed by atoms with van der Waals surface area (Å²) in [5.74, 6) is -1.50. The third-order valence-electron chi connectivity index (χ3n) is 4.56. The smallest absolute Gasteiger partial charge is 0.307 e. The van der Waals surface area contributed by atoms with E-state index in [1.807, 2.05) is 35.9 Å². The van der Waals surface area contributed by atoms with E-state index in [0.717, 1.165) is 33.8 Å². The summed E-state index contributed by atoms with van der Waals surface area (Å²) in [7, 11) is 1.38. The molecule has 0 saturated heterocycles. The fraction of sp³-hybridized carbons (Fsp3) is 0.250. The summed E-state index contributed by atoms with van der Waals surface area (Å²) in [4.78, 5) is 26.4. The number of aryl methyl sites for hydroxylation is 1. The summed E-state index contributed by atoms with van der Waals surface area (Å²) < 4.78 is 8.81. The van der Waals surface area contributed by atoms with Gasteiger partial charge in [-0.15, -0.1) is 0 Å². The highest BCUT2D eigenvalue weighted by molar-refractivity contribution is 5.90. The third kappa shape index (κ3) is 4.08. The van der Waals surface area contributed by atoms with Gasteiger partial charge in [-0.1, -0.05) is 12.1 Å². The number of imidazole rings is 1. The second kappa shape index (κ2) is 7.90. The number of hydrogen-bond donors (Lipinski definition) is 0. The van der Waals surface area contributed by atoms with Crippen molar-refractivity contribution in [2.24, 2.45) is 0 Å². The molecule has 2 heterocycles. The number of esters is 1. The highest BCUT2D eigenvalue weighted by Gasteiger charge is 2.15. The minimum atomic E-state index is -1.24. The average Bonchev–Trinajstić information content (AvgIpc) is 3.25. The second-order valence-corrected chi connectivity index (χ2v) is 6.21. The standard InChI is InChI=1S/C20H21N3O4/c1-14-17(12-22-10-8-21-13-22)16-11-15(4-6-19(24)25)3-5-18(16)23(14)9-7-20(26)27-2/h3-6,8,10-11,13H,7,9,12H2,1-2H3,(H,24,25)/p-1/b6-4+. The summed E-state index contributed by atoms with van der Waals surface area (Å²) in [5, 5.41) is 11.7. The van der Waals surface area contributed by atoms with Crippen molar-refractivity contribution in [3.63, 3.8) is 0 Å². The zero-order valence-corrected chi connectivity index (χ0v) is 15.2. The van der Waals surface area contributed by atoms with Crippen LogP contribution in [-0.4, -0.2) is 33.2 Å². The Balaban J connectivity index is 2.07. The highest BCUT2D eigenvalue weighted by atomic mass is 16.5. The van der Waals surface area contributed by atoms with Crippen LogP contribution in [0.5, 0.6) is 0 Å². The molecule has 0 aliphatic heterocycles. The molecule has 3 aromatic rings. The van der Waals surface area contributed by atoms with Crippen LogP contribution < -0.4 is 5.11 Å². The number of methoxy groups -OCH3 is 1. The molecule has 7 heteroatoms. The number of carboxylic acids is 1. The second-order valence-electron chi connectivity index (χ2n) is 6.21. The van der Waals surface area contributed by atoms with Crippen LogP contribution in [0.2, 0.25) is 0 Å². The van der Waals surface area contributed by atoms with Gasteiger partial charge in [-0.2, -0.15) is 0 Å². The molecule has 140 valence electrons. The molecule has 0 radical (unpaired) electrons. The molecule has 3 rings (SSSR count). The third-order valence-corrected chi connectivity index (χ3v) is 4.56. The maximum absolute atomic E-state index is 11.6. The first-order chi connectivity index (χ1) is 13.0. The summed E-state index contributed by atoms with van der Waals surface area (Å²) in [6.45, 7) is 3.15.